The Morgan fingerprint density at radius 1 is 1.22 bits per heavy atom. The number of carbonyl (C=O) groups excluding carboxylic acids is 1. The van der Waals surface area contributed by atoms with Gasteiger partial charge in [0.05, 0.1) is 5.56 Å². The first-order chi connectivity index (χ1) is 11.2. The van der Waals surface area contributed by atoms with Crippen molar-refractivity contribution in [2.75, 3.05) is 30.9 Å². The molecule has 1 aromatic carbocycles. The average Bonchev–Trinajstić information content (AvgIpc) is 2.59. The fourth-order valence-corrected chi connectivity index (χ4v) is 2.10. The molecule has 2 N–H and O–H groups in total. The van der Waals surface area contributed by atoms with E-state index in [1.54, 1.807) is 7.11 Å². The number of rotatable bonds is 8. The fourth-order valence-electron chi connectivity index (χ4n) is 2.10. The minimum absolute atomic E-state index is 0.211. The Labute approximate surface area is 136 Å². The van der Waals surface area contributed by atoms with Gasteiger partial charge in [0.25, 0.3) is 5.91 Å². The summed E-state index contributed by atoms with van der Waals surface area (Å²) in [4.78, 5) is 20.6. The summed E-state index contributed by atoms with van der Waals surface area (Å²) in [5, 5.41) is 5.98. The molecule has 0 aliphatic rings. The highest BCUT2D eigenvalue weighted by Crippen LogP contribution is 2.16. The maximum atomic E-state index is 12.3. The maximum Gasteiger partial charge on any atom is 0.258 e. The first-order valence-electron chi connectivity index (χ1n) is 7.68. The van der Waals surface area contributed by atoms with Crippen LogP contribution in [0.25, 0.3) is 0 Å². The molecule has 0 fully saturated rings. The molecule has 6 heteroatoms. The first-order valence-corrected chi connectivity index (χ1v) is 7.68. The number of aryl methyl sites for hydroxylation is 1. The second-order valence-corrected chi connectivity index (χ2v) is 5.03. The van der Waals surface area contributed by atoms with E-state index in [1.807, 2.05) is 24.3 Å². The van der Waals surface area contributed by atoms with Crippen molar-refractivity contribution in [1.29, 1.82) is 0 Å². The topological polar surface area (TPSA) is 76.1 Å². The molecule has 0 aliphatic heterocycles. The first kappa shape index (κ1) is 16.9. The van der Waals surface area contributed by atoms with Crippen LogP contribution >= 0.6 is 0 Å². The summed E-state index contributed by atoms with van der Waals surface area (Å²) in [6.07, 6.45) is 4.78. The van der Waals surface area contributed by atoms with Crippen LogP contribution in [0.4, 0.5) is 11.6 Å². The van der Waals surface area contributed by atoms with Crippen molar-refractivity contribution in [3.8, 4) is 0 Å². The second kappa shape index (κ2) is 8.85. The smallest absolute Gasteiger partial charge is 0.258 e. The molecule has 0 saturated carbocycles. The van der Waals surface area contributed by atoms with Gasteiger partial charge in [0.2, 0.25) is 5.95 Å². The van der Waals surface area contributed by atoms with E-state index in [2.05, 4.69) is 27.5 Å². The van der Waals surface area contributed by atoms with Gasteiger partial charge in [-0.3, -0.25) is 4.79 Å². The van der Waals surface area contributed by atoms with E-state index in [4.69, 9.17) is 4.74 Å². The molecule has 1 amide bonds. The van der Waals surface area contributed by atoms with Crippen molar-refractivity contribution in [2.24, 2.45) is 0 Å². The molecule has 0 bridgehead atoms. The van der Waals surface area contributed by atoms with E-state index in [-0.39, 0.29) is 5.91 Å². The summed E-state index contributed by atoms with van der Waals surface area (Å²) in [7, 11) is 1.67. The molecule has 122 valence electrons. The van der Waals surface area contributed by atoms with E-state index in [1.165, 1.54) is 12.4 Å². The molecule has 1 aromatic heterocycles. The second-order valence-electron chi connectivity index (χ2n) is 5.03. The predicted octanol–water partition coefficient (Wildman–Crippen LogP) is 2.74. The van der Waals surface area contributed by atoms with Crippen molar-refractivity contribution in [1.82, 2.24) is 9.97 Å². The number of carbonyl (C=O) groups is 1. The van der Waals surface area contributed by atoms with Crippen LogP contribution in [-0.2, 0) is 11.2 Å². The molecule has 0 atom stereocenters. The number of benzene rings is 1. The van der Waals surface area contributed by atoms with Crippen molar-refractivity contribution in [3.05, 3.63) is 47.8 Å². The Morgan fingerprint density at radius 2 is 1.96 bits per heavy atom. The zero-order valence-electron chi connectivity index (χ0n) is 13.5. The van der Waals surface area contributed by atoms with Crippen molar-refractivity contribution in [2.45, 2.75) is 19.8 Å². The largest absolute Gasteiger partial charge is 0.385 e. The number of ether oxygens (including phenoxy) is 1. The SMILES string of the molecule is CCc1ccccc1NC(=O)c1cnc(NCCCOC)nc1. The van der Waals surface area contributed by atoms with Gasteiger partial charge in [-0.1, -0.05) is 25.1 Å². The molecule has 0 aliphatic carbocycles. The summed E-state index contributed by atoms with van der Waals surface area (Å²) in [6, 6.07) is 7.75. The highest BCUT2D eigenvalue weighted by molar-refractivity contribution is 6.04. The highest BCUT2D eigenvalue weighted by Gasteiger charge is 2.09. The molecule has 0 saturated heterocycles. The third kappa shape index (κ3) is 5.03. The molecule has 2 aromatic rings. The summed E-state index contributed by atoms with van der Waals surface area (Å²) < 4.78 is 4.97. The highest BCUT2D eigenvalue weighted by atomic mass is 16.5. The summed E-state index contributed by atoms with van der Waals surface area (Å²) >= 11 is 0. The van der Waals surface area contributed by atoms with Crippen LogP contribution in [0.2, 0.25) is 0 Å². The summed E-state index contributed by atoms with van der Waals surface area (Å²) in [5.74, 6) is 0.295. The van der Waals surface area contributed by atoms with E-state index >= 15 is 0 Å². The van der Waals surface area contributed by atoms with Crippen LogP contribution in [0.3, 0.4) is 0 Å². The zero-order valence-corrected chi connectivity index (χ0v) is 13.5. The lowest BCUT2D eigenvalue weighted by Crippen LogP contribution is -2.15. The number of aromatic nitrogens is 2. The number of nitrogens with zero attached hydrogens (tertiary/aromatic N) is 2. The normalized spacial score (nSPS) is 10.3. The number of hydrogen-bond donors (Lipinski definition) is 2. The Kier molecular flexibility index (Phi) is 6.50. The molecule has 0 spiro atoms. The quantitative estimate of drug-likeness (QED) is 0.733. The molecule has 0 radical (unpaired) electrons. The third-order valence-electron chi connectivity index (χ3n) is 3.37. The van der Waals surface area contributed by atoms with E-state index in [0.717, 1.165) is 30.6 Å². The standard InChI is InChI=1S/C17H22N4O2/c1-3-13-7-4-5-8-15(13)21-16(22)14-11-19-17(20-12-14)18-9-6-10-23-2/h4-5,7-8,11-12H,3,6,9-10H2,1-2H3,(H,21,22)(H,18,19,20). The van der Waals surface area contributed by atoms with Crippen molar-refractivity contribution >= 4 is 17.5 Å². The van der Waals surface area contributed by atoms with Gasteiger partial charge in [0, 0.05) is 38.3 Å². The van der Waals surface area contributed by atoms with E-state index in [9.17, 15) is 4.79 Å². The van der Waals surface area contributed by atoms with Gasteiger partial charge in [0.15, 0.2) is 0 Å². The predicted molar refractivity (Wildman–Crippen MR) is 90.8 cm³/mol. The van der Waals surface area contributed by atoms with Gasteiger partial charge in [-0.2, -0.15) is 0 Å². The number of amides is 1. The number of hydrogen-bond acceptors (Lipinski definition) is 5. The average molecular weight is 314 g/mol. The summed E-state index contributed by atoms with van der Waals surface area (Å²) in [6.45, 7) is 3.46. The molecule has 2 rings (SSSR count). The van der Waals surface area contributed by atoms with Crippen LogP contribution < -0.4 is 10.6 Å². The Balaban J connectivity index is 1.94. The van der Waals surface area contributed by atoms with Gasteiger partial charge in [-0.25, -0.2) is 9.97 Å². The number of methoxy groups -OCH3 is 1. The van der Waals surface area contributed by atoms with Crippen LogP contribution in [0, 0.1) is 0 Å². The lowest BCUT2D eigenvalue weighted by molar-refractivity contribution is 0.102. The van der Waals surface area contributed by atoms with Gasteiger partial charge in [-0.15, -0.1) is 0 Å². The molecular formula is C17H22N4O2. The van der Waals surface area contributed by atoms with Crippen LogP contribution in [-0.4, -0.2) is 36.1 Å². The van der Waals surface area contributed by atoms with Gasteiger partial charge < -0.3 is 15.4 Å². The van der Waals surface area contributed by atoms with E-state index in [0.29, 0.717) is 18.1 Å². The molecule has 6 nitrogen and oxygen atoms in total. The monoisotopic (exact) mass is 314 g/mol. The summed E-state index contributed by atoms with van der Waals surface area (Å²) in [5.41, 5.74) is 2.35. The molecule has 1 heterocycles. The fraction of sp³-hybridized carbons (Fsp3) is 0.353. The maximum absolute atomic E-state index is 12.3. The minimum atomic E-state index is -0.211. The lowest BCUT2D eigenvalue weighted by Gasteiger charge is -2.09. The van der Waals surface area contributed by atoms with Gasteiger partial charge in [-0.05, 0) is 24.5 Å². The third-order valence-corrected chi connectivity index (χ3v) is 3.37. The number of nitrogens with one attached hydrogen (secondary N) is 2. The Morgan fingerprint density at radius 3 is 2.65 bits per heavy atom. The van der Waals surface area contributed by atoms with Crippen LogP contribution in [0.1, 0.15) is 29.3 Å². The van der Waals surface area contributed by atoms with Crippen LogP contribution in [0.5, 0.6) is 0 Å². The molecule has 0 unspecified atom stereocenters. The Hall–Kier alpha value is -2.47. The number of para-hydroxylation sites is 1. The molecule has 23 heavy (non-hydrogen) atoms. The van der Waals surface area contributed by atoms with Crippen molar-refractivity contribution in [3.63, 3.8) is 0 Å². The van der Waals surface area contributed by atoms with E-state index < -0.39 is 0 Å². The van der Waals surface area contributed by atoms with Gasteiger partial charge >= 0.3 is 0 Å². The van der Waals surface area contributed by atoms with Crippen molar-refractivity contribution < 1.29 is 9.53 Å². The zero-order chi connectivity index (χ0) is 16.5. The minimum Gasteiger partial charge on any atom is -0.385 e. The number of anilines is 2. The van der Waals surface area contributed by atoms with Gasteiger partial charge in [0.1, 0.15) is 0 Å². The van der Waals surface area contributed by atoms with Crippen LogP contribution in [0.15, 0.2) is 36.7 Å². The Bertz CT molecular complexity index is 629. The lowest BCUT2D eigenvalue weighted by atomic mass is 10.1. The molecular weight excluding hydrogens is 292 g/mol.